The lowest BCUT2D eigenvalue weighted by molar-refractivity contribution is -0.192. The molecule has 9 nitrogen and oxygen atoms in total. The Balaban J connectivity index is 0.00000101. The number of hydrogen-bond donors (Lipinski definition) is 4. The van der Waals surface area contributed by atoms with Gasteiger partial charge >= 0.3 is 18.1 Å². The first-order valence-corrected chi connectivity index (χ1v) is 12.5. The number of aryl methyl sites for hydroxylation is 1. The Labute approximate surface area is 231 Å². The van der Waals surface area contributed by atoms with Crippen molar-refractivity contribution in [2.24, 2.45) is 11.7 Å². The van der Waals surface area contributed by atoms with Gasteiger partial charge in [0, 0.05) is 12.8 Å². The summed E-state index contributed by atoms with van der Waals surface area (Å²) in [5.74, 6) is -4.21. The number of ether oxygens (including phenoxy) is 1. The molecule has 0 aliphatic heterocycles. The van der Waals surface area contributed by atoms with Crippen molar-refractivity contribution < 1.29 is 42.2 Å². The quantitative estimate of drug-likeness (QED) is 0.227. The molecule has 0 saturated carbocycles. The van der Waals surface area contributed by atoms with Crippen LogP contribution in [0.15, 0.2) is 60.7 Å². The van der Waals surface area contributed by atoms with E-state index >= 15 is 0 Å². The molecule has 40 heavy (non-hydrogen) atoms. The van der Waals surface area contributed by atoms with Crippen LogP contribution in [0.2, 0.25) is 0 Å². The highest BCUT2D eigenvalue weighted by molar-refractivity contribution is 5.93. The van der Waals surface area contributed by atoms with Gasteiger partial charge in [0.2, 0.25) is 5.91 Å². The molecule has 2 rings (SSSR count). The van der Waals surface area contributed by atoms with Crippen molar-refractivity contribution in [1.82, 2.24) is 10.6 Å². The van der Waals surface area contributed by atoms with E-state index < -0.39 is 35.7 Å². The average Bonchev–Trinajstić information content (AvgIpc) is 2.88. The lowest BCUT2D eigenvalue weighted by Crippen LogP contribution is -2.67. The van der Waals surface area contributed by atoms with E-state index in [9.17, 15) is 27.6 Å². The van der Waals surface area contributed by atoms with Gasteiger partial charge in [0.15, 0.2) is 5.66 Å². The van der Waals surface area contributed by atoms with E-state index in [4.69, 9.17) is 20.4 Å². The van der Waals surface area contributed by atoms with Gasteiger partial charge < -0.3 is 26.2 Å². The second kappa shape index (κ2) is 16.2. The maximum absolute atomic E-state index is 13.2. The van der Waals surface area contributed by atoms with Crippen LogP contribution in [0.4, 0.5) is 13.2 Å². The molecule has 0 heterocycles. The van der Waals surface area contributed by atoms with Gasteiger partial charge in [0.25, 0.3) is 5.91 Å². The number of methoxy groups -OCH3 is 1. The van der Waals surface area contributed by atoms with Crippen molar-refractivity contribution in [2.75, 3.05) is 7.11 Å². The summed E-state index contributed by atoms with van der Waals surface area (Å²) in [7, 11) is 1.27. The van der Waals surface area contributed by atoms with Gasteiger partial charge in [0.1, 0.15) is 6.04 Å². The molecule has 220 valence electrons. The van der Waals surface area contributed by atoms with Gasteiger partial charge in [-0.2, -0.15) is 13.2 Å². The lowest BCUT2D eigenvalue weighted by Gasteiger charge is -2.32. The molecule has 2 unspecified atom stereocenters. The summed E-state index contributed by atoms with van der Waals surface area (Å²) in [6.07, 6.45) is -2.98. The third-order valence-electron chi connectivity index (χ3n) is 5.53. The van der Waals surface area contributed by atoms with Crippen LogP contribution in [0, 0.1) is 5.92 Å². The van der Waals surface area contributed by atoms with Crippen LogP contribution in [0.5, 0.6) is 0 Å². The molecule has 0 saturated heterocycles. The summed E-state index contributed by atoms with van der Waals surface area (Å²) in [5.41, 5.74) is 6.79. The van der Waals surface area contributed by atoms with Crippen LogP contribution in [0.25, 0.3) is 0 Å². The smallest absolute Gasteiger partial charge is 0.475 e. The number of nitrogens with two attached hydrogens (primary N) is 1. The average molecular weight is 568 g/mol. The summed E-state index contributed by atoms with van der Waals surface area (Å²) in [5, 5.41) is 12.5. The van der Waals surface area contributed by atoms with Gasteiger partial charge in [0.05, 0.1) is 7.11 Å². The summed E-state index contributed by atoms with van der Waals surface area (Å²) in [4.78, 5) is 47.1. The molecule has 0 spiro atoms. The number of amides is 2. The Morgan fingerprint density at radius 1 is 0.950 bits per heavy atom. The van der Waals surface area contributed by atoms with Crippen LogP contribution < -0.4 is 16.4 Å². The molecule has 12 heteroatoms. The number of carboxylic acid groups (broad SMARTS) is 1. The molecule has 2 aromatic rings. The van der Waals surface area contributed by atoms with E-state index in [-0.39, 0.29) is 31.1 Å². The largest absolute Gasteiger partial charge is 0.490 e. The predicted octanol–water partition coefficient (Wildman–Crippen LogP) is 3.36. The second-order valence-electron chi connectivity index (χ2n) is 9.50. The molecule has 2 atom stereocenters. The van der Waals surface area contributed by atoms with E-state index in [1.54, 1.807) is 0 Å². The lowest BCUT2D eigenvalue weighted by atomic mass is 9.95. The molecule has 0 aromatic heterocycles. The minimum Gasteiger partial charge on any atom is -0.475 e. The van der Waals surface area contributed by atoms with E-state index in [2.05, 4.69) is 10.6 Å². The Bertz CT molecular complexity index is 1100. The molecule has 2 aromatic carbocycles. The third kappa shape index (κ3) is 12.7. The number of carboxylic acids is 1. The van der Waals surface area contributed by atoms with Crippen LogP contribution >= 0.6 is 0 Å². The Morgan fingerprint density at radius 2 is 1.45 bits per heavy atom. The highest BCUT2D eigenvalue weighted by atomic mass is 19.4. The zero-order valence-electron chi connectivity index (χ0n) is 22.7. The normalized spacial score (nSPS) is 13.2. The maximum Gasteiger partial charge on any atom is 0.490 e. The third-order valence-corrected chi connectivity index (χ3v) is 5.53. The number of nitrogens with one attached hydrogen (secondary N) is 2. The Morgan fingerprint density at radius 3 is 1.90 bits per heavy atom. The predicted molar refractivity (Wildman–Crippen MR) is 142 cm³/mol. The molecule has 2 amide bonds. The van der Waals surface area contributed by atoms with Gasteiger partial charge in [-0.1, -0.05) is 74.5 Å². The zero-order valence-corrected chi connectivity index (χ0v) is 22.7. The van der Waals surface area contributed by atoms with Crippen LogP contribution in [-0.4, -0.2) is 53.9 Å². The first-order chi connectivity index (χ1) is 18.7. The van der Waals surface area contributed by atoms with E-state index in [0.29, 0.717) is 6.42 Å². The van der Waals surface area contributed by atoms with Crippen molar-refractivity contribution in [3.8, 4) is 0 Å². The van der Waals surface area contributed by atoms with Crippen molar-refractivity contribution >= 4 is 23.8 Å². The fourth-order valence-corrected chi connectivity index (χ4v) is 3.73. The minimum absolute atomic E-state index is 0.0380. The summed E-state index contributed by atoms with van der Waals surface area (Å²) < 4.78 is 36.6. The van der Waals surface area contributed by atoms with Gasteiger partial charge in [-0.15, -0.1) is 0 Å². The monoisotopic (exact) mass is 567 g/mol. The molecule has 0 aliphatic carbocycles. The number of benzene rings is 2. The molecular weight excluding hydrogens is 531 g/mol. The minimum atomic E-state index is -5.08. The SMILES string of the molecule is COC(=O)C(Cc1ccccc1)NC(=O)C(N)(CC(C)C)NC(=O)CCCc1ccccc1.O=C(O)C(F)(F)F. The fraction of sp³-hybridized carbons (Fsp3) is 0.429. The number of carbonyl (C=O) groups is 4. The number of esters is 1. The van der Waals surface area contributed by atoms with E-state index in [0.717, 1.165) is 17.5 Å². The fourth-order valence-electron chi connectivity index (χ4n) is 3.73. The summed E-state index contributed by atoms with van der Waals surface area (Å²) in [6.45, 7) is 3.83. The standard InChI is InChI=1S/C26H35N3O4.C2HF3O2/c1-19(2)18-26(27,29-23(30)16-10-15-20-11-6-4-7-12-20)25(32)28-22(24(31)33-3)17-21-13-8-5-9-14-21;3-2(4,5)1(6)7/h4-9,11-14,19,22H,10,15-18,27H2,1-3H3,(H,28,32)(H,29,30);(H,6,7). The first-order valence-electron chi connectivity index (χ1n) is 12.5. The Hall–Kier alpha value is -3.93. The maximum atomic E-state index is 13.2. The van der Waals surface area contributed by atoms with Crippen molar-refractivity contribution in [2.45, 2.75) is 63.8 Å². The highest BCUT2D eigenvalue weighted by Gasteiger charge is 2.39. The number of hydrogen-bond acceptors (Lipinski definition) is 6. The van der Waals surface area contributed by atoms with Crippen LogP contribution in [-0.2, 0) is 36.8 Å². The van der Waals surface area contributed by atoms with Crippen LogP contribution in [0.3, 0.4) is 0 Å². The summed E-state index contributed by atoms with van der Waals surface area (Å²) >= 11 is 0. The molecule has 0 bridgehead atoms. The summed E-state index contributed by atoms with van der Waals surface area (Å²) in [6, 6.07) is 18.3. The first kappa shape index (κ1) is 34.1. The zero-order chi connectivity index (χ0) is 30.3. The van der Waals surface area contributed by atoms with E-state index in [1.165, 1.54) is 7.11 Å². The van der Waals surface area contributed by atoms with Crippen molar-refractivity contribution in [3.05, 3.63) is 71.8 Å². The molecule has 0 radical (unpaired) electrons. The molecule has 5 N–H and O–H groups in total. The number of rotatable bonds is 12. The van der Waals surface area contributed by atoms with Crippen molar-refractivity contribution in [3.63, 3.8) is 0 Å². The number of carbonyl (C=O) groups excluding carboxylic acids is 3. The van der Waals surface area contributed by atoms with Crippen molar-refractivity contribution in [1.29, 1.82) is 0 Å². The number of halogens is 3. The molecule has 0 aliphatic rings. The van der Waals surface area contributed by atoms with Crippen LogP contribution in [0.1, 0.15) is 44.2 Å². The van der Waals surface area contributed by atoms with Gasteiger partial charge in [-0.3, -0.25) is 9.59 Å². The van der Waals surface area contributed by atoms with E-state index in [1.807, 2.05) is 74.5 Å². The molecule has 0 fully saturated rings. The van der Waals surface area contributed by atoms with Gasteiger partial charge in [-0.05, 0) is 36.3 Å². The topological polar surface area (TPSA) is 148 Å². The van der Waals surface area contributed by atoms with Gasteiger partial charge in [-0.25, -0.2) is 9.59 Å². The number of alkyl halides is 3. The highest BCUT2D eigenvalue weighted by Crippen LogP contribution is 2.15. The Kier molecular flexibility index (Phi) is 13.8. The number of aliphatic carboxylic acids is 1. The molecular formula is C28H36F3N3O6. The second-order valence-corrected chi connectivity index (χ2v) is 9.50.